The van der Waals surface area contributed by atoms with Crippen molar-refractivity contribution in [2.75, 3.05) is 52.5 Å². The van der Waals surface area contributed by atoms with Gasteiger partial charge in [0.25, 0.3) is 0 Å². The van der Waals surface area contributed by atoms with Crippen LogP contribution < -0.4 is 5.32 Å². The lowest BCUT2D eigenvalue weighted by Gasteiger charge is -2.32. The number of rotatable bonds is 6. The summed E-state index contributed by atoms with van der Waals surface area (Å²) in [6.07, 6.45) is 4.16. The Balaban J connectivity index is 0.00000240. The standard InChI is InChI=1S/C21H32N6O.HI/c1-2-22-21(26-11-8-18(16-26)25-12-14-28-15-13-25)23-9-5-10-27-17-24-19-6-3-4-7-20(19)27;/h3-4,6-7,17-18H,2,5,8-16H2,1H3,(H,22,23);1H. The monoisotopic (exact) mass is 512 g/mol. The highest BCUT2D eigenvalue weighted by Gasteiger charge is 2.30. The van der Waals surface area contributed by atoms with Crippen LogP contribution >= 0.6 is 24.0 Å². The Labute approximate surface area is 190 Å². The van der Waals surface area contributed by atoms with E-state index in [0.717, 1.165) is 76.9 Å². The lowest BCUT2D eigenvalue weighted by Crippen LogP contribution is -2.46. The number of aryl methyl sites for hydroxylation is 1. The average Bonchev–Trinajstić information content (AvgIpc) is 3.39. The number of aromatic nitrogens is 2. The van der Waals surface area contributed by atoms with E-state index in [1.165, 1.54) is 11.9 Å². The molecule has 0 bridgehead atoms. The number of hydrogen-bond acceptors (Lipinski definition) is 4. The van der Waals surface area contributed by atoms with Crippen molar-refractivity contribution in [1.82, 2.24) is 24.7 Å². The number of nitrogens with zero attached hydrogens (tertiary/aromatic N) is 5. The van der Waals surface area contributed by atoms with Gasteiger partial charge in [-0.15, -0.1) is 24.0 Å². The molecule has 1 N–H and O–H groups in total. The number of para-hydroxylation sites is 2. The number of benzene rings is 1. The van der Waals surface area contributed by atoms with Gasteiger partial charge in [-0.3, -0.25) is 9.89 Å². The summed E-state index contributed by atoms with van der Waals surface area (Å²) in [5.74, 6) is 1.06. The van der Waals surface area contributed by atoms with Crippen LogP contribution in [-0.2, 0) is 11.3 Å². The van der Waals surface area contributed by atoms with Crippen LogP contribution in [0.15, 0.2) is 35.6 Å². The van der Waals surface area contributed by atoms with Gasteiger partial charge in [-0.25, -0.2) is 4.98 Å². The second-order valence-electron chi connectivity index (χ2n) is 7.55. The van der Waals surface area contributed by atoms with E-state index in [4.69, 9.17) is 9.73 Å². The molecule has 0 aliphatic carbocycles. The largest absolute Gasteiger partial charge is 0.379 e. The number of nitrogens with one attached hydrogen (secondary N) is 1. The number of morpholine rings is 1. The fraction of sp³-hybridized carbons (Fsp3) is 0.619. The minimum atomic E-state index is 0. The summed E-state index contributed by atoms with van der Waals surface area (Å²) in [6, 6.07) is 8.93. The first kappa shape index (κ1) is 22.3. The molecular formula is C21H33IN6O. The Morgan fingerprint density at radius 3 is 2.90 bits per heavy atom. The number of likely N-dealkylation sites (tertiary alicyclic amines) is 1. The molecule has 1 aromatic heterocycles. The molecular weight excluding hydrogens is 479 g/mol. The van der Waals surface area contributed by atoms with Crippen LogP contribution in [0.1, 0.15) is 19.8 Å². The van der Waals surface area contributed by atoms with Crippen LogP contribution in [0, 0.1) is 0 Å². The van der Waals surface area contributed by atoms with E-state index in [0.29, 0.717) is 6.04 Å². The SMILES string of the molecule is CCNC(=NCCCn1cnc2ccccc21)N1CCC(N2CCOCC2)C1.I. The molecule has 3 heterocycles. The summed E-state index contributed by atoms with van der Waals surface area (Å²) in [7, 11) is 0. The van der Waals surface area contributed by atoms with E-state index in [9.17, 15) is 0 Å². The highest BCUT2D eigenvalue weighted by atomic mass is 127. The van der Waals surface area contributed by atoms with E-state index < -0.39 is 0 Å². The minimum Gasteiger partial charge on any atom is -0.379 e. The Morgan fingerprint density at radius 1 is 1.24 bits per heavy atom. The van der Waals surface area contributed by atoms with E-state index in [1.54, 1.807) is 0 Å². The van der Waals surface area contributed by atoms with Crippen molar-refractivity contribution in [2.24, 2.45) is 4.99 Å². The maximum absolute atomic E-state index is 5.50. The molecule has 2 aromatic rings. The van der Waals surface area contributed by atoms with E-state index in [1.807, 2.05) is 12.4 Å². The Morgan fingerprint density at radius 2 is 2.07 bits per heavy atom. The van der Waals surface area contributed by atoms with Gasteiger partial charge >= 0.3 is 0 Å². The third kappa shape index (κ3) is 5.61. The molecule has 7 nitrogen and oxygen atoms in total. The van der Waals surface area contributed by atoms with E-state index >= 15 is 0 Å². The average molecular weight is 512 g/mol. The first-order valence-corrected chi connectivity index (χ1v) is 10.6. The predicted molar refractivity (Wildman–Crippen MR) is 128 cm³/mol. The second kappa shape index (κ2) is 11.1. The van der Waals surface area contributed by atoms with Gasteiger partial charge in [0.2, 0.25) is 0 Å². The molecule has 8 heteroatoms. The Hall–Kier alpha value is -1.39. The van der Waals surface area contributed by atoms with Crippen LogP contribution in [-0.4, -0.2) is 83.8 Å². The fourth-order valence-electron chi connectivity index (χ4n) is 4.22. The molecule has 1 aromatic carbocycles. The normalized spacial score (nSPS) is 20.8. The molecule has 4 rings (SSSR count). The number of halogens is 1. The summed E-state index contributed by atoms with van der Waals surface area (Å²) in [5.41, 5.74) is 2.26. The highest BCUT2D eigenvalue weighted by molar-refractivity contribution is 14.0. The van der Waals surface area contributed by atoms with Crippen molar-refractivity contribution in [3.05, 3.63) is 30.6 Å². The number of ether oxygens (including phenoxy) is 1. The van der Waals surface area contributed by atoms with E-state index in [-0.39, 0.29) is 24.0 Å². The number of aliphatic imine (C=N–C) groups is 1. The summed E-state index contributed by atoms with van der Waals surface area (Å²) < 4.78 is 7.72. The van der Waals surface area contributed by atoms with Crippen LogP contribution in [0.25, 0.3) is 11.0 Å². The molecule has 0 spiro atoms. The zero-order valence-electron chi connectivity index (χ0n) is 17.3. The van der Waals surface area contributed by atoms with Crippen molar-refractivity contribution in [1.29, 1.82) is 0 Å². The van der Waals surface area contributed by atoms with Crippen molar-refractivity contribution in [2.45, 2.75) is 32.4 Å². The Kier molecular flexibility index (Phi) is 8.55. The quantitative estimate of drug-likeness (QED) is 0.279. The van der Waals surface area contributed by atoms with Gasteiger partial charge in [0.05, 0.1) is 30.6 Å². The maximum atomic E-state index is 5.50. The van der Waals surface area contributed by atoms with Gasteiger partial charge in [-0.1, -0.05) is 12.1 Å². The van der Waals surface area contributed by atoms with Crippen LogP contribution in [0.3, 0.4) is 0 Å². The van der Waals surface area contributed by atoms with Crippen molar-refractivity contribution in [3.63, 3.8) is 0 Å². The van der Waals surface area contributed by atoms with Crippen molar-refractivity contribution >= 4 is 41.0 Å². The minimum absolute atomic E-state index is 0. The number of imidazole rings is 1. The van der Waals surface area contributed by atoms with Gasteiger partial charge in [-0.05, 0) is 31.9 Å². The summed E-state index contributed by atoms with van der Waals surface area (Å²) in [4.78, 5) is 14.4. The smallest absolute Gasteiger partial charge is 0.193 e. The van der Waals surface area contributed by atoms with Crippen LogP contribution in [0.4, 0.5) is 0 Å². The molecule has 0 amide bonds. The molecule has 29 heavy (non-hydrogen) atoms. The van der Waals surface area contributed by atoms with Crippen LogP contribution in [0.5, 0.6) is 0 Å². The van der Waals surface area contributed by atoms with Gasteiger partial charge in [-0.2, -0.15) is 0 Å². The van der Waals surface area contributed by atoms with Crippen molar-refractivity contribution in [3.8, 4) is 0 Å². The lowest BCUT2D eigenvalue weighted by atomic mass is 10.2. The maximum Gasteiger partial charge on any atom is 0.193 e. The van der Waals surface area contributed by atoms with Gasteiger partial charge in [0, 0.05) is 51.9 Å². The van der Waals surface area contributed by atoms with Crippen molar-refractivity contribution < 1.29 is 4.74 Å². The van der Waals surface area contributed by atoms with Gasteiger partial charge in [0.1, 0.15) is 0 Å². The third-order valence-corrected chi connectivity index (χ3v) is 5.71. The molecule has 1 unspecified atom stereocenters. The third-order valence-electron chi connectivity index (χ3n) is 5.71. The molecule has 2 aliphatic rings. The molecule has 0 radical (unpaired) electrons. The summed E-state index contributed by atoms with van der Waals surface area (Å²) in [6.45, 7) is 10.8. The topological polar surface area (TPSA) is 57.9 Å². The zero-order valence-corrected chi connectivity index (χ0v) is 19.6. The first-order chi connectivity index (χ1) is 13.8. The van der Waals surface area contributed by atoms with Gasteiger partial charge < -0.3 is 19.5 Å². The molecule has 1 atom stereocenters. The van der Waals surface area contributed by atoms with Gasteiger partial charge in [0.15, 0.2) is 5.96 Å². The summed E-state index contributed by atoms with van der Waals surface area (Å²) >= 11 is 0. The highest BCUT2D eigenvalue weighted by Crippen LogP contribution is 2.17. The Bertz CT molecular complexity index is 788. The van der Waals surface area contributed by atoms with Crippen LogP contribution in [0.2, 0.25) is 0 Å². The molecule has 2 aliphatic heterocycles. The number of fused-ring (bicyclic) bond motifs is 1. The number of hydrogen-bond donors (Lipinski definition) is 1. The predicted octanol–water partition coefficient (Wildman–Crippen LogP) is 2.42. The molecule has 2 fully saturated rings. The first-order valence-electron chi connectivity index (χ1n) is 10.6. The summed E-state index contributed by atoms with van der Waals surface area (Å²) in [5, 5.41) is 3.48. The van der Waals surface area contributed by atoms with E-state index in [2.05, 4.69) is 49.8 Å². The zero-order chi connectivity index (χ0) is 19.2. The molecule has 2 saturated heterocycles. The molecule has 160 valence electrons. The fourth-order valence-corrected chi connectivity index (χ4v) is 4.22. The number of guanidine groups is 1. The molecule has 0 saturated carbocycles. The lowest BCUT2D eigenvalue weighted by molar-refractivity contribution is 0.0195. The second-order valence-corrected chi connectivity index (χ2v) is 7.55.